The summed E-state index contributed by atoms with van der Waals surface area (Å²) in [4.78, 5) is 36.5. The van der Waals surface area contributed by atoms with Crippen LogP contribution >= 0.6 is 0 Å². The van der Waals surface area contributed by atoms with Crippen molar-refractivity contribution in [1.29, 1.82) is 0 Å². The first-order chi connectivity index (χ1) is 23.8. The summed E-state index contributed by atoms with van der Waals surface area (Å²) in [6, 6.07) is 0. The molecule has 13 nitrogen and oxygen atoms in total. The van der Waals surface area contributed by atoms with E-state index in [0.29, 0.717) is 12.2 Å². The number of carbonyl (C=O) groups is 3. The number of ether oxygens (including phenoxy) is 7. The van der Waals surface area contributed by atoms with Crippen molar-refractivity contribution >= 4 is 17.9 Å². The van der Waals surface area contributed by atoms with E-state index in [4.69, 9.17) is 33.2 Å². The average molecular weight is 723 g/mol. The van der Waals surface area contributed by atoms with Gasteiger partial charge in [0.1, 0.15) is 30.5 Å². The molecule has 2 fully saturated rings. The van der Waals surface area contributed by atoms with Crippen LogP contribution in [0.4, 0.5) is 0 Å². The number of methoxy groups -OCH3 is 1. The van der Waals surface area contributed by atoms with E-state index in [2.05, 4.69) is 12.7 Å². The number of hydrogen-bond donors (Lipinski definition) is 3. The quantitative estimate of drug-likeness (QED) is 0.144. The van der Waals surface area contributed by atoms with Crippen LogP contribution in [0.1, 0.15) is 74.7 Å². The Morgan fingerprint density at radius 2 is 1.71 bits per heavy atom. The minimum absolute atomic E-state index is 0.0325. The van der Waals surface area contributed by atoms with Gasteiger partial charge in [0.2, 0.25) is 0 Å². The summed E-state index contributed by atoms with van der Waals surface area (Å²) in [6.07, 6.45) is -4.54. The molecule has 0 spiro atoms. The highest BCUT2D eigenvalue weighted by atomic mass is 16.7. The summed E-state index contributed by atoms with van der Waals surface area (Å²) < 4.78 is 41.4. The number of fused-ring (bicyclic) bond motifs is 2. The van der Waals surface area contributed by atoms with Crippen LogP contribution in [0.15, 0.2) is 35.5 Å². The molecule has 4 aliphatic rings. The van der Waals surface area contributed by atoms with Crippen molar-refractivity contribution in [1.82, 2.24) is 0 Å². The molecule has 13 atom stereocenters. The number of aliphatic hydroxyl groups is 3. The monoisotopic (exact) mass is 722 g/mol. The van der Waals surface area contributed by atoms with Crippen LogP contribution in [0.5, 0.6) is 0 Å². The van der Waals surface area contributed by atoms with E-state index >= 15 is 0 Å². The van der Waals surface area contributed by atoms with E-state index in [9.17, 15) is 29.7 Å². The molecule has 0 unspecified atom stereocenters. The van der Waals surface area contributed by atoms with E-state index in [1.807, 2.05) is 20.8 Å². The van der Waals surface area contributed by atoms with Crippen molar-refractivity contribution in [3.8, 4) is 0 Å². The first-order valence-corrected chi connectivity index (χ1v) is 17.9. The summed E-state index contributed by atoms with van der Waals surface area (Å²) in [5.41, 5.74) is 0.705. The molecule has 1 aliphatic heterocycles. The summed E-state index contributed by atoms with van der Waals surface area (Å²) in [5.74, 6) is -2.30. The van der Waals surface area contributed by atoms with Gasteiger partial charge in [-0.05, 0) is 51.0 Å². The Labute approximate surface area is 301 Å². The van der Waals surface area contributed by atoms with Crippen LogP contribution in [0, 0.1) is 29.1 Å². The van der Waals surface area contributed by atoms with Crippen LogP contribution in [0.3, 0.4) is 0 Å². The molecule has 13 heteroatoms. The highest BCUT2D eigenvalue weighted by molar-refractivity contribution is 5.67. The molecule has 3 N–H and O–H groups in total. The van der Waals surface area contributed by atoms with Gasteiger partial charge in [-0.1, -0.05) is 37.1 Å². The van der Waals surface area contributed by atoms with Crippen molar-refractivity contribution in [2.45, 2.75) is 129 Å². The van der Waals surface area contributed by atoms with Crippen molar-refractivity contribution < 1.29 is 62.9 Å². The Balaban J connectivity index is 1.86. The molecule has 1 saturated heterocycles. The summed E-state index contributed by atoms with van der Waals surface area (Å²) in [7, 11) is 1.66. The smallest absolute Gasteiger partial charge is 0.303 e. The number of hydrogen-bond acceptors (Lipinski definition) is 13. The maximum Gasteiger partial charge on any atom is 0.303 e. The summed E-state index contributed by atoms with van der Waals surface area (Å²) >= 11 is 0. The standard InChI is InChI=1S/C38H58O13/c1-11-37(7,8)47-18-28-34(49-23(6)41)32(43)33(44)36(50-28)51-35-30-26(19(2)16-46-21(4)39)14-29(48-22(5)40)38(30,9)15-27-24(17-45-10)12-13-25(27)20(3)31(35)42/h11,15,19-20,24-25,28-29,31-36,42-44H,1,12-14,16-18H2,2-10H3/b27-15-/t19-,20-,24-,25+,28-,29+,31-,32-,33+,34-,35-,36-,38+/m1/s1. The molecule has 0 aromatic carbocycles. The van der Waals surface area contributed by atoms with Gasteiger partial charge in [0.25, 0.3) is 0 Å². The lowest BCUT2D eigenvalue weighted by molar-refractivity contribution is -0.320. The second-order valence-electron chi connectivity index (χ2n) is 15.3. The predicted octanol–water partition coefficient (Wildman–Crippen LogP) is 3.18. The maximum atomic E-state index is 12.6. The van der Waals surface area contributed by atoms with Gasteiger partial charge in [-0.25, -0.2) is 0 Å². The Bertz CT molecular complexity index is 1350. The van der Waals surface area contributed by atoms with E-state index in [0.717, 1.165) is 24.0 Å². The second kappa shape index (κ2) is 16.6. The van der Waals surface area contributed by atoms with Gasteiger partial charge >= 0.3 is 17.9 Å². The van der Waals surface area contributed by atoms with E-state index in [1.165, 1.54) is 20.8 Å². The number of aliphatic hydroxyl groups excluding tert-OH is 3. The third-order valence-electron chi connectivity index (χ3n) is 11.1. The molecule has 288 valence electrons. The molecule has 51 heavy (non-hydrogen) atoms. The fraction of sp³-hybridized carbons (Fsp3) is 0.763. The molecule has 0 aromatic rings. The zero-order chi connectivity index (χ0) is 38.0. The lowest BCUT2D eigenvalue weighted by Crippen LogP contribution is -2.62. The van der Waals surface area contributed by atoms with Gasteiger partial charge in [-0.2, -0.15) is 0 Å². The molecule has 4 rings (SSSR count). The number of rotatable bonds is 13. The first-order valence-electron chi connectivity index (χ1n) is 17.9. The Kier molecular flexibility index (Phi) is 13.4. The fourth-order valence-electron chi connectivity index (χ4n) is 8.23. The van der Waals surface area contributed by atoms with Gasteiger partial charge in [-0.3, -0.25) is 14.4 Å². The van der Waals surface area contributed by atoms with Crippen molar-refractivity contribution in [3.05, 3.63) is 35.5 Å². The third-order valence-corrected chi connectivity index (χ3v) is 11.1. The van der Waals surface area contributed by atoms with Crippen molar-refractivity contribution in [2.75, 3.05) is 26.9 Å². The average Bonchev–Trinajstić information content (AvgIpc) is 3.56. The molecule has 0 aromatic heterocycles. The minimum atomic E-state index is -1.70. The molecular formula is C38H58O13. The topological polar surface area (TPSA) is 177 Å². The van der Waals surface area contributed by atoms with Crippen LogP contribution in [0.25, 0.3) is 0 Å². The second-order valence-corrected chi connectivity index (χ2v) is 15.3. The van der Waals surface area contributed by atoms with Gasteiger partial charge in [-0.15, -0.1) is 6.58 Å². The van der Waals surface area contributed by atoms with Gasteiger partial charge in [0.05, 0.1) is 31.5 Å². The zero-order valence-electron chi connectivity index (χ0n) is 31.5. The van der Waals surface area contributed by atoms with Crippen LogP contribution in [0.2, 0.25) is 0 Å². The largest absolute Gasteiger partial charge is 0.465 e. The summed E-state index contributed by atoms with van der Waals surface area (Å²) in [5, 5.41) is 35.2. The highest BCUT2D eigenvalue weighted by Crippen LogP contribution is 2.56. The Morgan fingerprint density at radius 1 is 1.04 bits per heavy atom. The fourth-order valence-corrected chi connectivity index (χ4v) is 8.23. The van der Waals surface area contributed by atoms with Crippen molar-refractivity contribution in [3.63, 3.8) is 0 Å². The third kappa shape index (κ3) is 8.94. The van der Waals surface area contributed by atoms with E-state index in [-0.39, 0.29) is 43.3 Å². The SMILES string of the molecule is C=CC(C)(C)OC[C@H]1O[C@H](O[C@@H]2C3=C([C@H](C)COC(C)=O)C[C@H](OC(C)=O)[C@]3(C)/C=C3/[C@@H](COC)CC[C@H]3[C@@H](C)[C@H]2O)[C@@H](O)[C@@H](O)[C@@H]1OC(C)=O. The Hall–Kier alpha value is -2.65. The molecular weight excluding hydrogens is 664 g/mol. The number of carbonyl (C=O) groups excluding carboxylic acids is 3. The minimum Gasteiger partial charge on any atom is -0.465 e. The molecule has 0 radical (unpaired) electrons. The highest BCUT2D eigenvalue weighted by Gasteiger charge is 2.57. The Morgan fingerprint density at radius 3 is 2.29 bits per heavy atom. The van der Waals surface area contributed by atoms with Gasteiger partial charge < -0.3 is 48.5 Å². The van der Waals surface area contributed by atoms with E-state index < -0.39 is 77.9 Å². The number of esters is 3. The molecule has 0 bridgehead atoms. The molecule has 1 saturated carbocycles. The van der Waals surface area contributed by atoms with Crippen LogP contribution in [-0.4, -0.2) is 115 Å². The van der Waals surface area contributed by atoms with Crippen molar-refractivity contribution in [2.24, 2.45) is 29.1 Å². The lowest BCUT2D eigenvalue weighted by atomic mass is 9.68. The maximum absolute atomic E-state index is 12.6. The zero-order valence-corrected chi connectivity index (χ0v) is 31.5. The van der Waals surface area contributed by atoms with Crippen LogP contribution < -0.4 is 0 Å². The first kappa shape index (κ1) is 41.1. The van der Waals surface area contributed by atoms with Gasteiger partial charge in [0, 0.05) is 51.6 Å². The predicted molar refractivity (Wildman–Crippen MR) is 184 cm³/mol. The molecule has 1 heterocycles. The normalized spacial score (nSPS) is 38.4. The molecule has 0 amide bonds. The summed E-state index contributed by atoms with van der Waals surface area (Å²) in [6.45, 7) is 17.4. The molecule has 3 aliphatic carbocycles. The lowest BCUT2D eigenvalue weighted by Gasteiger charge is -2.47. The van der Waals surface area contributed by atoms with Crippen LogP contribution in [-0.2, 0) is 47.5 Å². The van der Waals surface area contributed by atoms with Gasteiger partial charge in [0.15, 0.2) is 12.4 Å². The van der Waals surface area contributed by atoms with E-state index in [1.54, 1.807) is 27.0 Å².